The minimum atomic E-state index is -0.0555. The van der Waals surface area contributed by atoms with Crippen LogP contribution in [0.15, 0.2) is 52.8 Å². The van der Waals surface area contributed by atoms with Gasteiger partial charge in [-0.15, -0.1) is 5.10 Å². The van der Waals surface area contributed by atoms with E-state index in [1.165, 1.54) is 5.56 Å². The fourth-order valence-electron chi connectivity index (χ4n) is 1.96. The highest BCUT2D eigenvalue weighted by atomic mass is 15.3. The van der Waals surface area contributed by atoms with Crippen LogP contribution in [0.1, 0.15) is 32.0 Å². The third kappa shape index (κ3) is 3.72. The van der Waals surface area contributed by atoms with Crippen molar-refractivity contribution in [2.75, 3.05) is 0 Å². The predicted molar refractivity (Wildman–Crippen MR) is 87.9 cm³/mol. The molecule has 0 saturated heterocycles. The maximum absolute atomic E-state index is 5.29. The molecule has 0 spiro atoms. The van der Waals surface area contributed by atoms with Crippen LogP contribution < -0.4 is 11.5 Å². The molecule has 0 aliphatic carbocycles. The molecule has 2 aromatic rings. The maximum Gasteiger partial charge on any atom is 0.211 e. The molecule has 0 atom stereocenters. The van der Waals surface area contributed by atoms with Gasteiger partial charge in [-0.1, -0.05) is 39.0 Å². The van der Waals surface area contributed by atoms with Crippen LogP contribution in [0.5, 0.6) is 0 Å². The van der Waals surface area contributed by atoms with E-state index in [1.54, 1.807) is 6.21 Å². The van der Waals surface area contributed by atoms with Crippen molar-refractivity contribution in [3.05, 3.63) is 53.9 Å². The molecule has 4 N–H and O–H groups in total. The van der Waals surface area contributed by atoms with Crippen LogP contribution in [0.2, 0.25) is 0 Å². The molecule has 0 aliphatic rings. The van der Waals surface area contributed by atoms with E-state index in [0.29, 0.717) is 0 Å². The van der Waals surface area contributed by atoms with E-state index in [1.807, 2.05) is 30.3 Å². The molecule has 0 amide bonds. The Bertz CT molecular complexity index is 656. The first-order valence-electron chi connectivity index (χ1n) is 6.78. The average molecular weight is 283 g/mol. The fraction of sp³-hybridized carbons (Fsp3) is 0.250. The summed E-state index contributed by atoms with van der Waals surface area (Å²) in [5, 5.41) is 7.57. The average Bonchev–Trinajstić information content (AvgIpc) is 2.83. The second-order valence-electron chi connectivity index (χ2n) is 5.88. The zero-order valence-corrected chi connectivity index (χ0v) is 12.6. The Hall–Kier alpha value is -2.56. The van der Waals surface area contributed by atoms with E-state index in [9.17, 15) is 0 Å². The number of nitrogens with zero attached hydrogens (tertiary/aromatic N) is 3. The van der Waals surface area contributed by atoms with Crippen molar-refractivity contribution in [1.29, 1.82) is 0 Å². The second-order valence-corrected chi connectivity index (χ2v) is 5.88. The topological polar surface area (TPSA) is 81.7 Å². The highest BCUT2D eigenvalue weighted by Gasteiger charge is 2.17. The minimum Gasteiger partial charge on any atom is -0.369 e. The van der Waals surface area contributed by atoms with Crippen LogP contribution in [0, 0.1) is 0 Å². The van der Waals surface area contributed by atoms with Crippen molar-refractivity contribution in [3.63, 3.8) is 0 Å². The van der Waals surface area contributed by atoms with Crippen molar-refractivity contribution in [2.24, 2.45) is 21.7 Å². The smallest absolute Gasteiger partial charge is 0.211 e. The van der Waals surface area contributed by atoms with E-state index in [-0.39, 0.29) is 11.4 Å². The monoisotopic (exact) mass is 283 g/mol. The molecule has 110 valence electrons. The van der Waals surface area contributed by atoms with Gasteiger partial charge in [-0.3, -0.25) is 0 Å². The lowest BCUT2D eigenvalue weighted by Crippen LogP contribution is -2.21. The van der Waals surface area contributed by atoms with Crippen molar-refractivity contribution in [1.82, 2.24) is 4.57 Å². The largest absolute Gasteiger partial charge is 0.369 e. The standard InChI is InChI=1S/C16H21N5/c1-16(2,3)12-9-14(10-19-20-15(17)18)21(11-12)13-7-5-4-6-8-13/h4-11H,1-3H3,(H4,17,18,20)/b19-10+. The predicted octanol–water partition coefficient (Wildman–Crippen LogP) is 2.38. The number of guanidine groups is 1. The number of benzene rings is 1. The number of aromatic nitrogens is 1. The summed E-state index contributed by atoms with van der Waals surface area (Å²) in [6.07, 6.45) is 3.77. The third-order valence-electron chi connectivity index (χ3n) is 3.11. The quantitative estimate of drug-likeness (QED) is 0.515. The van der Waals surface area contributed by atoms with Crippen molar-refractivity contribution in [3.8, 4) is 5.69 Å². The highest BCUT2D eigenvalue weighted by molar-refractivity contribution is 5.81. The SMILES string of the molecule is CC(C)(C)c1cc(/C=N/N=C(N)N)n(-c2ccccc2)c1. The zero-order valence-electron chi connectivity index (χ0n) is 12.6. The number of hydrogen-bond donors (Lipinski definition) is 2. The lowest BCUT2D eigenvalue weighted by atomic mass is 9.89. The lowest BCUT2D eigenvalue weighted by molar-refractivity contribution is 0.590. The summed E-state index contributed by atoms with van der Waals surface area (Å²) < 4.78 is 2.08. The van der Waals surface area contributed by atoms with Crippen LogP contribution in [0.3, 0.4) is 0 Å². The van der Waals surface area contributed by atoms with Crippen LogP contribution in [-0.2, 0) is 5.41 Å². The van der Waals surface area contributed by atoms with E-state index in [4.69, 9.17) is 11.5 Å². The first-order valence-corrected chi connectivity index (χ1v) is 6.78. The molecular formula is C16H21N5. The molecule has 0 fully saturated rings. The van der Waals surface area contributed by atoms with Crippen molar-refractivity contribution in [2.45, 2.75) is 26.2 Å². The van der Waals surface area contributed by atoms with Crippen molar-refractivity contribution < 1.29 is 0 Å². The molecule has 2 rings (SSSR count). The first-order chi connectivity index (χ1) is 9.88. The van der Waals surface area contributed by atoms with Gasteiger partial charge in [0.05, 0.1) is 11.9 Å². The Morgan fingerprint density at radius 3 is 2.38 bits per heavy atom. The fourth-order valence-corrected chi connectivity index (χ4v) is 1.96. The maximum atomic E-state index is 5.29. The van der Waals surface area contributed by atoms with Crippen LogP contribution in [0.25, 0.3) is 5.69 Å². The number of hydrogen-bond acceptors (Lipinski definition) is 2. The first kappa shape index (κ1) is 14.8. The molecule has 0 unspecified atom stereocenters. The van der Waals surface area contributed by atoms with Gasteiger partial charge < -0.3 is 16.0 Å². The molecule has 1 aromatic carbocycles. The Morgan fingerprint density at radius 2 is 1.81 bits per heavy atom. The normalized spacial score (nSPS) is 11.8. The number of rotatable bonds is 3. The van der Waals surface area contributed by atoms with Gasteiger partial charge in [-0.2, -0.15) is 5.10 Å². The summed E-state index contributed by atoms with van der Waals surface area (Å²) in [5.41, 5.74) is 13.8. The summed E-state index contributed by atoms with van der Waals surface area (Å²) in [5.74, 6) is -0.0555. The van der Waals surface area contributed by atoms with E-state index < -0.39 is 0 Å². The summed E-state index contributed by atoms with van der Waals surface area (Å²) in [6, 6.07) is 12.2. The molecular weight excluding hydrogens is 262 g/mol. The van der Waals surface area contributed by atoms with Gasteiger partial charge in [0.1, 0.15) is 0 Å². The molecule has 5 nitrogen and oxygen atoms in total. The van der Waals surface area contributed by atoms with Gasteiger partial charge in [0.25, 0.3) is 0 Å². The molecule has 0 aliphatic heterocycles. The molecule has 0 radical (unpaired) electrons. The molecule has 0 saturated carbocycles. The number of para-hydroxylation sites is 1. The lowest BCUT2D eigenvalue weighted by Gasteiger charge is -2.15. The minimum absolute atomic E-state index is 0.0543. The zero-order chi connectivity index (χ0) is 15.5. The van der Waals surface area contributed by atoms with Gasteiger partial charge in [-0.05, 0) is 29.2 Å². The Labute approximate surface area is 125 Å². The summed E-state index contributed by atoms with van der Waals surface area (Å²) in [7, 11) is 0. The van der Waals surface area contributed by atoms with E-state index in [0.717, 1.165) is 11.4 Å². The molecule has 21 heavy (non-hydrogen) atoms. The second kappa shape index (κ2) is 5.83. The third-order valence-corrected chi connectivity index (χ3v) is 3.11. The Kier molecular flexibility index (Phi) is 4.12. The molecule has 0 bridgehead atoms. The molecule has 5 heteroatoms. The van der Waals surface area contributed by atoms with Gasteiger partial charge in [0.2, 0.25) is 5.96 Å². The summed E-state index contributed by atoms with van der Waals surface area (Å²) in [4.78, 5) is 0. The Morgan fingerprint density at radius 1 is 1.14 bits per heavy atom. The van der Waals surface area contributed by atoms with Gasteiger partial charge in [-0.25, -0.2) is 0 Å². The molecule has 1 aromatic heterocycles. The van der Waals surface area contributed by atoms with Crippen LogP contribution in [0.4, 0.5) is 0 Å². The number of nitrogens with two attached hydrogens (primary N) is 2. The van der Waals surface area contributed by atoms with E-state index >= 15 is 0 Å². The Balaban J connectivity index is 2.49. The van der Waals surface area contributed by atoms with Gasteiger partial charge >= 0.3 is 0 Å². The van der Waals surface area contributed by atoms with E-state index in [2.05, 4.69) is 47.8 Å². The van der Waals surface area contributed by atoms with Gasteiger partial charge in [0.15, 0.2) is 0 Å². The van der Waals surface area contributed by atoms with Crippen molar-refractivity contribution >= 4 is 12.2 Å². The van der Waals surface area contributed by atoms with Crippen LogP contribution in [-0.4, -0.2) is 16.7 Å². The molecule has 1 heterocycles. The summed E-state index contributed by atoms with van der Waals surface area (Å²) >= 11 is 0. The van der Waals surface area contributed by atoms with Gasteiger partial charge in [0, 0.05) is 11.9 Å². The highest BCUT2D eigenvalue weighted by Crippen LogP contribution is 2.25. The summed E-state index contributed by atoms with van der Waals surface area (Å²) in [6.45, 7) is 6.53. The van der Waals surface area contributed by atoms with Crippen LogP contribution >= 0.6 is 0 Å².